The number of esters is 1. The quantitative estimate of drug-likeness (QED) is 0.739. The van der Waals surface area contributed by atoms with Gasteiger partial charge in [-0.3, -0.25) is 0 Å². The van der Waals surface area contributed by atoms with Crippen molar-refractivity contribution >= 4 is 17.6 Å². The Morgan fingerprint density at radius 3 is 2.60 bits per heavy atom. The molecule has 9 heteroatoms. The van der Waals surface area contributed by atoms with Crippen LogP contribution in [0.3, 0.4) is 0 Å². The third-order valence-corrected chi connectivity index (χ3v) is 3.96. The fraction of sp³-hybridized carbons (Fsp3) is 0.375. The van der Waals surface area contributed by atoms with Crippen LogP contribution in [0.15, 0.2) is 24.3 Å². The lowest BCUT2D eigenvalue weighted by Crippen LogP contribution is -2.25. The second-order valence-corrected chi connectivity index (χ2v) is 5.50. The molecular formula is C16H16ClF3N2O3. The van der Waals surface area contributed by atoms with E-state index in [2.05, 4.69) is 5.10 Å². The maximum absolute atomic E-state index is 13.1. The molecule has 0 amide bonds. The zero-order valence-corrected chi connectivity index (χ0v) is 14.5. The maximum Gasteiger partial charge on any atom is 0.436 e. The van der Waals surface area contributed by atoms with Crippen LogP contribution in [-0.4, -0.2) is 29.5 Å². The molecule has 1 aromatic heterocycles. The zero-order valence-electron chi connectivity index (χ0n) is 13.7. The Morgan fingerprint density at radius 1 is 1.40 bits per heavy atom. The van der Waals surface area contributed by atoms with Crippen LogP contribution in [0.2, 0.25) is 5.02 Å². The Kier molecular flexibility index (Phi) is 5.62. The van der Waals surface area contributed by atoms with Gasteiger partial charge in [0, 0.05) is 0 Å². The first kappa shape index (κ1) is 19.1. The summed E-state index contributed by atoms with van der Waals surface area (Å²) in [6.45, 7) is 3.03. The van der Waals surface area contributed by atoms with Crippen LogP contribution in [0.5, 0.6) is 5.75 Å². The molecule has 1 heterocycles. The average molecular weight is 377 g/mol. The minimum absolute atomic E-state index is 0.00913. The van der Waals surface area contributed by atoms with Crippen LogP contribution in [0.25, 0.3) is 0 Å². The van der Waals surface area contributed by atoms with Crippen molar-refractivity contribution in [3.05, 3.63) is 46.2 Å². The Balaban J connectivity index is 2.63. The monoisotopic (exact) mass is 376 g/mol. The van der Waals surface area contributed by atoms with Gasteiger partial charge >= 0.3 is 12.1 Å². The summed E-state index contributed by atoms with van der Waals surface area (Å²) in [5.74, 6) is -0.300. The van der Waals surface area contributed by atoms with Gasteiger partial charge in [-0.2, -0.15) is 18.3 Å². The van der Waals surface area contributed by atoms with Gasteiger partial charge in [0.2, 0.25) is 0 Å². The van der Waals surface area contributed by atoms with Crippen LogP contribution in [-0.2, 0) is 15.7 Å². The van der Waals surface area contributed by atoms with Crippen molar-refractivity contribution in [2.45, 2.75) is 26.1 Å². The fourth-order valence-electron chi connectivity index (χ4n) is 2.34. The van der Waals surface area contributed by atoms with Crippen LogP contribution in [0.4, 0.5) is 13.2 Å². The summed E-state index contributed by atoms with van der Waals surface area (Å²) >= 11 is 5.79. The molecule has 2 aromatic rings. The molecule has 0 bridgehead atoms. The molecule has 0 spiro atoms. The number of nitrogens with zero attached hydrogens (tertiary/aromatic N) is 2. The number of halogens is 4. The molecule has 136 valence electrons. The summed E-state index contributed by atoms with van der Waals surface area (Å²) in [7, 11) is 1.44. The van der Waals surface area contributed by atoms with Crippen LogP contribution in [0.1, 0.15) is 29.9 Å². The van der Waals surface area contributed by atoms with Gasteiger partial charge in [0.05, 0.1) is 24.4 Å². The number of benzene rings is 1. The van der Waals surface area contributed by atoms with Gasteiger partial charge in [0.25, 0.3) is 0 Å². The lowest BCUT2D eigenvalue weighted by Gasteiger charge is -2.18. The second-order valence-electron chi connectivity index (χ2n) is 5.12. The van der Waals surface area contributed by atoms with Gasteiger partial charge in [-0.05, 0) is 31.5 Å². The highest BCUT2D eigenvalue weighted by Crippen LogP contribution is 2.37. The van der Waals surface area contributed by atoms with Gasteiger partial charge in [0.1, 0.15) is 5.75 Å². The topological polar surface area (TPSA) is 53.4 Å². The van der Waals surface area contributed by atoms with E-state index in [9.17, 15) is 18.0 Å². The molecule has 1 aromatic carbocycles. The third kappa shape index (κ3) is 3.89. The highest BCUT2D eigenvalue weighted by molar-refractivity contribution is 6.32. The van der Waals surface area contributed by atoms with Crippen molar-refractivity contribution < 1.29 is 27.4 Å². The predicted molar refractivity (Wildman–Crippen MR) is 84.7 cm³/mol. The largest absolute Gasteiger partial charge is 0.497 e. The smallest absolute Gasteiger partial charge is 0.436 e. The van der Waals surface area contributed by atoms with Crippen LogP contribution >= 0.6 is 11.6 Å². The summed E-state index contributed by atoms with van der Waals surface area (Å²) in [6.07, 6.45) is -4.74. The molecule has 1 atom stereocenters. The summed E-state index contributed by atoms with van der Waals surface area (Å²) in [4.78, 5) is 12.4. The van der Waals surface area contributed by atoms with E-state index in [1.165, 1.54) is 20.1 Å². The predicted octanol–water partition coefficient (Wildman–Crippen LogP) is 4.02. The van der Waals surface area contributed by atoms with Gasteiger partial charge in [0.15, 0.2) is 11.7 Å². The van der Waals surface area contributed by atoms with E-state index < -0.39 is 28.9 Å². The van der Waals surface area contributed by atoms with E-state index in [0.717, 1.165) is 4.68 Å². The number of carbonyl (C=O) groups excluding carboxylic acids is 1. The molecule has 0 radical (unpaired) electrons. The molecule has 0 saturated heterocycles. The average Bonchev–Trinajstić information content (AvgIpc) is 2.84. The van der Waals surface area contributed by atoms with Crippen molar-refractivity contribution in [3.8, 4) is 5.75 Å². The van der Waals surface area contributed by atoms with E-state index >= 15 is 0 Å². The molecular weight excluding hydrogens is 361 g/mol. The maximum atomic E-state index is 13.1. The minimum Gasteiger partial charge on any atom is -0.497 e. The Morgan fingerprint density at radius 2 is 2.08 bits per heavy atom. The molecule has 25 heavy (non-hydrogen) atoms. The van der Waals surface area contributed by atoms with Crippen molar-refractivity contribution in [3.63, 3.8) is 0 Å². The Hall–Kier alpha value is -2.22. The molecule has 0 aliphatic rings. The lowest BCUT2D eigenvalue weighted by atomic mass is 10.1. The van der Waals surface area contributed by atoms with Gasteiger partial charge in [-0.25, -0.2) is 9.48 Å². The van der Waals surface area contributed by atoms with E-state index in [4.69, 9.17) is 21.1 Å². The molecule has 5 nitrogen and oxygen atoms in total. The van der Waals surface area contributed by atoms with Crippen LogP contribution < -0.4 is 4.74 Å². The SMILES string of the molecule is CCOC(=O)C(c1cccc(OC)c1)n1nc(C(F)(F)F)c(Cl)c1C. The number of hydrogen-bond acceptors (Lipinski definition) is 4. The number of aromatic nitrogens is 2. The highest BCUT2D eigenvalue weighted by Gasteiger charge is 2.40. The first-order valence-electron chi connectivity index (χ1n) is 7.33. The number of alkyl halides is 3. The molecule has 2 rings (SSSR count). The molecule has 0 aliphatic heterocycles. The van der Waals surface area contributed by atoms with Crippen molar-refractivity contribution in [1.29, 1.82) is 0 Å². The second kappa shape index (κ2) is 7.35. The van der Waals surface area contributed by atoms with E-state index in [1.807, 2.05) is 0 Å². The fourth-order valence-corrected chi connectivity index (χ4v) is 2.57. The van der Waals surface area contributed by atoms with Crippen LogP contribution in [0, 0.1) is 6.92 Å². The van der Waals surface area contributed by atoms with Gasteiger partial charge in [-0.15, -0.1) is 0 Å². The number of ether oxygens (including phenoxy) is 2. The van der Waals surface area contributed by atoms with Crippen molar-refractivity contribution in [2.75, 3.05) is 13.7 Å². The Labute approximate surface area is 147 Å². The van der Waals surface area contributed by atoms with Gasteiger partial charge < -0.3 is 9.47 Å². The number of hydrogen-bond donors (Lipinski definition) is 0. The number of carbonyl (C=O) groups is 1. The summed E-state index contributed by atoms with van der Waals surface area (Å²) in [5.41, 5.74) is -0.868. The number of rotatable bonds is 5. The molecule has 0 saturated carbocycles. The minimum atomic E-state index is -4.74. The first-order valence-corrected chi connectivity index (χ1v) is 7.70. The van der Waals surface area contributed by atoms with Gasteiger partial charge in [-0.1, -0.05) is 23.7 Å². The highest BCUT2D eigenvalue weighted by atomic mass is 35.5. The van der Waals surface area contributed by atoms with E-state index in [-0.39, 0.29) is 12.3 Å². The number of methoxy groups -OCH3 is 1. The standard InChI is InChI=1S/C16H16ClF3N2O3/c1-4-25-15(23)13(10-6-5-7-11(8-10)24-3)22-9(2)12(17)14(21-22)16(18,19)20/h5-8,13H,4H2,1-3H3. The molecule has 0 N–H and O–H groups in total. The van der Waals surface area contributed by atoms with Crippen molar-refractivity contribution in [2.24, 2.45) is 0 Å². The Bertz CT molecular complexity index is 774. The first-order chi connectivity index (χ1) is 11.7. The van der Waals surface area contributed by atoms with Crippen molar-refractivity contribution in [1.82, 2.24) is 9.78 Å². The summed E-state index contributed by atoms with van der Waals surface area (Å²) < 4.78 is 50.3. The molecule has 0 fully saturated rings. The third-order valence-electron chi connectivity index (χ3n) is 3.51. The summed E-state index contributed by atoms with van der Waals surface area (Å²) in [5, 5.41) is 2.98. The van der Waals surface area contributed by atoms with E-state index in [1.54, 1.807) is 25.1 Å². The lowest BCUT2D eigenvalue weighted by molar-refractivity contribution is -0.147. The zero-order chi connectivity index (χ0) is 18.8. The summed E-state index contributed by atoms with van der Waals surface area (Å²) in [6, 6.07) is 5.15. The van der Waals surface area contributed by atoms with E-state index in [0.29, 0.717) is 11.3 Å². The normalized spacial score (nSPS) is 12.8. The molecule has 1 unspecified atom stereocenters. The molecule has 0 aliphatic carbocycles.